The monoisotopic (exact) mass is 342 g/mol. The maximum Gasteiger partial charge on any atom is 0.267 e. The molecule has 0 spiro atoms. The summed E-state index contributed by atoms with van der Waals surface area (Å²) in [6.45, 7) is 3.66. The number of rotatable bonds is 4. The molecule has 6 heteroatoms. The highest BCUT2D eigenvalue weighted by Crippen LogP contribution is 2.33. The van der Waals surface area contributed by atoms with Crippen LogP contribution in [-0.4, -0.2) is 24.5 Å². The van der Waals surface area contributed by atoms with Gasteiger partial charge in [0.2, 0.25) is 5.91 Å². The minimum atomic E-state index is -0.586. The van der Waals surface area contributed by atoms with Crippen LogP contribution in [0.15, 0.2) is 42.5 Å². The third-order valence-corrected chi connectivity index (χ3v) is 4.10. The van der Waals surface area contributed by atoms with Gasteiger partial charge in [0, 0.05) is 18.7 Å². The van der Waals surface area contributed by atoms with Gasteiger partial charge in [0.05, 0.1) is 5.69 Å². The van der Waals surface area contributed by atoms with Crippen molar-refractivity contribution < 1.29 is 18.7 Å². The van der Waals surface area contributed by atoms with Gasteiger partial charge in [-0.25, -0.2) is 4.39 Å². The molecule has 1 atom stereocenters. The van der Waals surface area contributed by atoms with E-state index in [4.69, 9.17) is 4.74 Å². The minimum Gasteiger partial charge on any atom is -0.479 e. The van der Waals surface area contributed by atoms with Crippen LogP contribution in [0.3, 0.4) is 0 Å². The van der Waals surface area contributed by atoms with E-state index < -0.39 is 6.10 Å². The van der Waals surface area contributed by atoms with Gasteiger partial charge in [-0.3, -0.25) is 9.59 Å². The summed E-state index contributed by atoms with van der Waals surface area (Å²) in [7, 11) is 0. The van der Waals surface area contributed by atoms with Crippen molar-refractivity contribution in [1.82, 2.24) is 0 Å². The molecule has 1 aliphatic heterocycles. The van der Waals surface area contributed by atoms with Crippen molar-refractivity contribution in [2.45, 2.75) is 26.4 Å². The van der Waals surface area contributed by atoms with Gasteiger partial charge in [0.1, 0.15) is 11.6 Å². The number of anilines is 2. The number of carbonyl (C=O) groups excluding carboxylic acids is 2. The van der Waals surface area contributed by atoms with Crippen LogP contribution in [0.5, 0.6) is 5.75 Å². The Bertz CT molecular complexity index is 822. The molecule has 130 valence electrons. The van der Waals surface area contributed by atoms with E-state index in [1.54, 1.807) is 30.9 Å². The van der Waals surface area contributed by atoms with Crippen LogP contribution >= 0.6 is 0 Å². The number of benzene rings is 2. The summed E-state index contributed by atoms with van der Waals surface area (Å²) >= 11 is 0. The molecule has 1 N–H and O–H groups in total. The molecular formula is C19H19FN2O3. The molecule has 3 rings (SSSR count). The first kappa shape index (κ1) is 17.0. The summed E-state index contributed by atoms with van der Waals surface area (Å²) in [6, 6.07) is 11.4. The predicted molar refractivity (Wildman–Crippen MR) is 93.3 cm³/mol. The van der Waals surface area contributed by atoms with Crippen molar-refractivity contribution in [1.29, 1.82) is 0 Å². The lowest BCUT2D eigenvalue weighted by Crippen LogP contribution is -2.45. The summed E-state index contributed by atoms with van der Waals surface area (Å²) in [4.78, 5) is 26.2. The largest absolute Gasteiger partial charge is 0.479 e. The number of aryl methyl sites for hydroxylation is 1. The highest BCUT2D eigenvalue weighted by atomic mass is 19.1. The van der Waals surface area contributed by atoms with Crippen LogP contribution in [0.1, 0.15) is 18.9 Å². The van der Waals surface area contributed by atoms with Gasteiger partial charge in [-0.1, -0.05) is 12.1 Å². The van der Waals surface area contributed by atoms with E-state index in [9.17, 15) is 14.0 Å². The van der Waals surface area contributed by atoms with Crippen LogP contribution in [0.4, 0.5) is 15.8 Å². The van der Waals surface area contributed by atoms with Gasteiger partial charge in [-0.05, 0) is 49.7 Å². The number of fused-ring (bicyclic) bond motifs is 1. The minimum absolute atomic E-state index is 0.129. The Balaban J connectivity index is 1.68. The Morgan fingerprint density at radius 3 is 2.80 bits per heavy atom. The summed E-state index contributed by atoms with van der Waals surface area (Å²) in [5.41, 5.74) is 1.87. The number of amides is 2. The first-order valence-corrected chi connectivity index (χ1v) is 8.09. The van der Waals surface area contributed by atoms with E-state index in [1.807, 2.05) is 12.1 Å². The Labute approximate surface area is 145 Å². The smallest absolute Gasteiger partial charge is 0.267 e. The quantitative estimate of drug-likeness (QED) is 0.928. The van der Waals surface area contributed by atoms with Gasteiger partial charge in [0.25, 0.3) is 5.91 Å². The number of hydrogen-bond acceptors (Lipinski definition) is 3. The summed E-state index contributed by atoms with van der Waals surface area (Å²) < 4.78 is 18.7. The number of para-hydroxylation sites is 2. The van der Waals surface area contributed by atoms with E-state index in [-0.39, 0.29) is 30.6 Å². The lowest BCUT2D eigenvalue weighted by Gasteiger charge is -2.32. The molecule has 0 bridgehead atoms. The predicted octanol–water partition coefficient (Wildman–Crippen LogP) is 3.28. The average molecular weight is 342 g/mol. The number of nitrogens with zero attached hydrogens (tertiary/aromatic N) is 1. The molecule has 1 heterocycles. The highest BCUT2D eigenvalue weighted by Gasteiger charge is 2.31. The van der Waals surface area contributed by atoms with Crippen LogP contribution in [0, 0.1) is 12.7 Å². The van der Waals surface area contributed by atoms with E-state index in [1.165, 1.54) is 18.2 Å². The molecule has 0 radical (unpaired) electrons. The molecule has 1 aliphatic rings. The van der Waals surface area contributed by atoms with Crippen molar-refractivity contribution in [3.05, 3.63) is 53.8 Å². The van der Waals surface area contributed by atoms with E-state index in [2.05, 4.69) is 5.32 Å². The summed E-state index contributed by atoms with van der Waals surface area (Å²) in [6.07, 6.45) is -0.457. The Kier molecular flexibility index (Phi) is 4.70. The molecule has 0 unspecified atom stereocenters. The zero-order valence-electron chi connectivity index (χ0n) is 14.1. The first-order valence-electron chi connectivity index (χ1n) is 8.09. The standard InChI is InChI=1S/C19H19FN2O3/c1-12-11-14(20)7-8-15(12)21-18(23)9-10-22-16-5-3-4-6-17(16)25-13(2)19(22)24/h3-8,11,13H,9-10H2,1-2H3,(H,21,23)/t13-/m0/s1. The second kappa shape index (κ2) is 6.93. The summed E-state index contributed by atoms with van der Waals surface area (Å²) in [5, 5.41) is 2.75. The van der Waals surface area contributed by atoms with Gasteiger partial charge in [0.15, 0.2) is 6.10 Å². The molecule has 25 heavy (non-hydrogen) atoms. The van der Waals surface area contributed by atoms with Crippen LogP contribution in [0.2, 0.25) is 0 Å². The first-order chi connectivity index (χ1) is 12.0. The van der Waals surface area contributed by atoms with Gasteiger partial charge in [-0.2, -0.15) is 0 Å². The fourth-order valence-corrected chi connectivity index (χ4v) is 2.78. The van der Waals surface area contributed by atoms with Gasteiger partial charge < -0.3 is 15.0 Å². The van der Waals surface area contributed by atoms with Crippen molar-refractivity contribution >= 4 is 23.2 Å². The molecular weight excluding hydrogens is 323 g/mol. The Morgan fingerprint density at radius 2 is 2.04 bits per heavy atom. The molecule has 0 saturated heterocycles. The molecule has 0 fully saturated rings. The SMILES string of the molecule is Cc1cc(F)ccc1NC(=O)CCN1C(=O)[C@H](C)Oc2ccccc21. The number of nitrogens with one attached hydrogen (secondary N) is 1. The third kappa shape index (κ3) is 3.63. The number of hydrogen-bond donors (Lipinski definition) is 1. The normalized spacial score (nSPS) is 16.2. The van der Waals surface area contributed by atoms with E-state index >= 15 is 0 Å². The number of halogens is 1. The average Bonchev–Trinajstić information content (AvgIpc) is 2.58. The number of ether oxygens (including phenoxy) is 1. The van der Waals surface area contributed by atoms with Crippen LogP contribution < -0.4 is 15.0 Å². The third-order valence-electron chi connectivity index (χ3n) is 4.10. The van der Waals surface area contributed by atoms with Gasteiger partial charge in [-0.15, -0.1) is 0 Å². The maximum atomic E-state index is 13.1. The molecule has 2 aromatic rings. The second-order valence-corrected chi connectivity index (χ2v) is 5.98. The topological polar surface area (TPSA) is 58.6 Å². The molecule has 0 saturated carbocycles. The second-order valence-electron chi connectivity index (χ2n) is 5.98. The molecule has 0 aliphatic carbocycles. The zero-order chi connectivity index (χ0) is 18.0. The van der Waals surface area contributed by atoms with Crippen molar-refractivity contribution in [2.24, 2.45) is 0 Å². The Hall–Kier alpha value is -2.89. The van der Waals surface area contributed by atoms with Gasteiger partial charge >= 0.3 is 0 Å². The lowest BCUT2D eigenvalue weighted by atomic mass is 10.1. The lowest BCUT2D eigenvalue weighted by molar-refractivity contribution is -0.125. The molecule has 0 aromatic heterocycles. The Morgan fingerprint density at radius 1 is 1.28 bits per heavy atom. The van der Waals surface area contributed by atoms with E-state index in [0.717, 1.165) is 0 Å². The summed E-state index contributed by atoms with van der Waals surface area (Å²) in [5.74, 6) is -0.131. The fraction of sp³-hybridized carbons (Fsp3) is 0.263. The fourth-order valence-electron chi connectivity index (χ4n) is 2.78. The van der Waals surface area contributed by atoms with Crippen molar-refractivity contribution in [3.8, 4) is 5.75 Å². The maximum absolute atomic E-state index is 13.1. The van der Waals surface area contributed by atoms with E-state index in [0.29, 0.717) is 22.7 Å². The molecule has 2 aromatic carbocycles. The van der Waals surface area contributed by atoms with Crippen LogP contribution in [0.25, 0.3) is 0 Å². The molecule has 2 amide bonds. The number of carbonyl (C=O) groups is 2. The van der Waals surface area contributed by atoms with Crippen LogP contribution in [-0.2, 0) is 9.59 Å². The highest BCUT2D eigenvalue weighted by molar-refractivity contribution is 6.00. The zero-order valence-corrected chi connectivity index (χ0v) is 14.1. The molecule has 5 nitrogen and oxygen atoms in total. The van der Waals surface area contributed by atoms with Crippen molar-refractivity contribution in [2.75, 3.05) is 16.8 Å². The van der Waals surface area contributed by atoms with Crippen molar-refractivity contribution in [3.63, 3.8) is 0 Å².